The molecule has 0 spiro atoms. The van der Waals surface area contributed by atoms with E-state index in [0.717, 1.165) is 35.6 Å². The minimum Gasteiger partial charge on any atom is -0.434 e. The second-order valence-corrected chi connectivity index (χ2v) is 8.77. The van der Waals surface area contributed by atoms with Crippen molar-refractivity contribution in [3.05, 3.63) is 36.2 Å². The normalized spacial score (nSPS) is 12.4. The fraction of sp³-hybridized carbons (Fsp3) is 0.333. The number of sulfone groups is 1. The van der Waals surface area contributed by atoms with Crippen molar-refractivity contribution in [2.75, 3.05) is 12.9 Å². The molecule has 1 aromatic heterocycles. The number of nitrogens with zero attached hydrogens (tertiary/aromatic N) is 3. The van der Waals surface area contributed by atoms with Crippen LogP contribution in [0.25, 0.3) is 17.6 Å². The minimum absolute atomic E-state index is 0.0471. The predicted molar refractivity (Wildman–Crippen MR) is 101 cm³/mol. The summed E-state index contributed by atoms with van der Waals surface area (Å²) in [6, 6.07) is 2.23. The van der Waals surface area contributed by atoms with Gasteiger partial charge in [-0.05, 0) is 24.1 Å². The van der Waals surface area contributed by atoms with E-state index in [-0.39, 0.29) is 23.9 Å². The summed E-state index contributed by atoms with van der Waals surface area (Å²) in [5, 5.41) is 3.87. The van der Waals surface area contributed by atoms with Gasteiger partial charge in [0.15, 0.2) is 15.7 Å². The van der Waals surface area contributed by atoms with Gasteiger partial charge in [0.2, 0.25) is 0 Å². The molecule has 168 valence electrons. The van der Waals surface area contributed by atoms with Crippen molar-refractivity contribution >= 4 is 28.2 Å². The molecule has 1 aromatic carbocycles. The molecule has 13 heteroatoms. The summed E-state index contributed by atoms with van der Waals surface area (Å²) in [5.41, 5.74) is -1.37. The maximum atomic E-state index is 13.1. The third-order valence-corrected chi connectivity index (χ3v) is 4.60. The van der Waals surface area contributed by atoms with Crippen LogP contribution in [0.4, 0.5) is 18.0 Å². The van der Waals surface area contributed by atoms with Crippen molar-refractivity contribution < 1.29 is 40.7 Å². The smallest absolute Gasteiger partial charge is 0.434 e. The molecule has 2 aromatic rings. The van der Waals surface area contributed by atoms with Crippen LogP contribution in [0.2, 0.25) is 0 Å². The van der Waals surface area contributed by atoms with Crippen LogP contribution in [0.1, 0.15) is 19.4 Å². The van der Waals surface area contributed by atoms with Gasteiger partial charge >= 0.3 is 18.3 Å². The van der Waals surface area contributed by atoms with Crippen LogP contribution in [-0.2, 0) is 30.3 Å². The van der Waals surface area contributed by atoms with Crippen LogP contribution in [0.5, 0.6) is 0 Å². The third kappa shape index (κ3) is 7.20. The van der Waals surface area contributed by atoms with E-state index in [2.05, 4.69) is 19.6 Å². The molecule has 1 heterocycles. The molecule has 0 unspecified atom stereocenters. The number of carbonyl (C=O) groups is 2. The lowest BCUT2D eigenvalue weighted by atomic mass is 10.1. The van der Waals surface area contributed by atoms with Gasteiger partial charge in [0, 0.05) is 24.1 Å². The van der Waals surface area contributed by atoms with E-state index in [9.17, 15) is 31.2 Å². The first kappa shape index (κ1) is 24.1. The van der Waals surface area contributed by atoms with Crippen LogP contribution in [0.3, 0.4) is 0 Å². The fourth-order valence-corrected chi connectivity index (χ4v) is 2.78. The number of aromatic nitrogens is 3. The Bertz CT molecular complexity index is 1110. The van der Waals surface area contributed by atoms with Crippen molar-refractivity contribution in [1.82, 2.24) is 14.8 Å². The van der Waals surface area contributed by atoms with Crippen LogP contribution in [0, 0.1) is 5.92 Å². The van der Waals surface area contributed by atoms with Crippen LogP contribution in [0.15, 0.2) is 35.5 Å². The largest absolute Gasteiger partial charge is 0.516 e. The van der Waals surface area contributed by atoms with E-state index in [1.807, 2.05) is 0 Å². The van der Waals surface area contributed by atoms with Gasteiger partial charge in [-0.2, -0.15) is 13.2 Å². The molecule has 31 heavy (non-hydrogen) atoms. The van der Waals surface area contributed by atoms with Crippen molar-refractivity contribution in [3.63, 3.8) is 0 Å². The van der Waals surface area contributed by atoms with Crippen molar-refractivity contribution in [2.45, 2.75) is 24.9 Å². The molecule has 0 aliphatic rings. The molecule has 0 radical (unpaired) electrons. The average Bonchev–Trinajstić information content (AvgIpc) is 3.12. The maximum Gasteiger partial charge on any atom is 0.516 e. The molecule has 0 fully saturated rings. The SMILES string of the molecule is CC(C)COC(=O)OC(=O)C=Cn1cnc(-c2cc(C(F)(F)F)cc(S(C)(=O)=O)c2)n1. The second kappa shape index (κ2) is 9.29. The summed E-state index contributed by atoms with van der Waals surface area (Å²) in [6.45, 7) is 3.65. The summed E-state index contributed by atoms with van der Waals surface area (Å²) in [6.07, 6.45) is -2.26. The molecule has 0 saturated heterocycles. The van der Waals surface area contributed by atoms with Crippen molar-refractivity contribution in [2.24, 2.45) is 5.92 Å². The monoisotopic (exact) mass is 461 g/mol. The van der Waals surface area contributed by atoms with Gasteiger partial charge in [-0.25, -0.2) is 27.7 Å². The molecular weight excluding hydrogens is 443 g/mol. The second-order valence-electron chi connectivity index (χ2n) is 6.76. The Morgan fingerprint density at radius 2 is 1.90 bits per heavy atom. The molecule has 0 saturated carbocycles. The molecule has 0 bridgehead atoms. The molecule has 0 amide bonds. The highest BCUT2D eigenvalue weighted by Gasteiger charge is 2.32. The van der Waals surface area contributed by atoms with Gasteiger partial charge in [-0.1, -0.05) is 13.8 Å². The van der Waals surface area contributed by atoms with E-state index in [1.165, 1.54) is 0 Å². The van der Waals surface area contributed by atoms with E-state index < -0.39 is 38.6 Å². The van der Waals surface area contributed by atoms with E-state index in [0.29, 0.717) is 12.1 Å². The highest BCUT2D eigenvalue weighted by atomic mass is 32.2. The number of benzene rings is 1. The first-order valence-electron chi connectivity index (χ1n) is 8.66. The Morgan fingerprint density at radius 1 is 1.23 bits per heavy atom. The van der Waals surface area contributed by atoms with Gasteiger partial charge in [0.25, 0.3) is 0 Å². The molecule has 0 aliphatic carbocycles. The highest BCUT2D eigenvalue weighted by Crippen LogP contribution is 2.33. The van der Waals surface area contributed by atoms with Gasteiger partial charge in [-0.3, -0.25) is 0 Å². The Balaban J connectivity index is 2.21. The van der Waals surface area contributed by atoms with Crippen LogP contribution >= 0.6 is 0 Å². The Labute approximate surface area is 175 Å². The molecular formula is C18H18F3N3O6S. The molecule has 0 atom stereocenters. The topological polar surface area (TPSA) is 117 Å². The number of alkyl halides is 3. The van der Waals surface area contributed by atoms with Crippen LogP contribution < -0.4 is 0 Å². The molecule has 9 nitrogen and oxygen atoms in total. The van der Waals surface area contributed by atoms with Gasteiger partial charge in [0.05, 0.1) is 17.1 Å². The summed E-state index contributed by atoms with van der Waals surface area (Å²) in [4.78, 5) is 26.2. The minimum atomic E-state index is -4.79. The average molecular weight is 461 g/mol. The zero-order chi connectivity index (χ0) is 23.4. The van der Waals surface area contributed by atoms with Gasteiger partial charge in [-0.15, -0.1) is 5.10 Å². The lowest BCUT2D eigenvalue weighted by Gasteiger charge is -2.10. The lowest BCUT2D eigenvalue weighted by Crippen LogP contribution is -2.14. The molecule has 0 aliphatic heterocycles. The predicted octanol–water partition coefficient (Wildman–Crippen LogP) is 3.17. The highest BCUT2D eigenvalue weighted by molar-refractivity contribution is 7.90. The van der Waals surface area contributed by atoms with Crippen LogP contribution in [-0.4, -0.2) is 48.2 Å². The molecule has 2 rings (SSSR count). The standard InChI is InChI=1S/C18H18F3N3O6S/c1-11(2)9-29-17(26)30-15(25)4-5-24-10-22-16(23-24)12-6-13(18(19,20)21)8-14(7-12)31(3,27)28/h4-8,10-11H,9H2,1-3H3. The third-order valence-electron chi connectivity index (χ3n) is 3.51. The number of hydrogen-bond donors (Lipinski definition) is 0. The summed E-state index contributed by atoms with van der Waals surface area (Å²) < 4.78 is 72.9. The fourth-order valence-electron chi connectivity index (χ4n) is 2.10. The van der Waals surface area contributed by atoms with E-state index in [1.54, 1.807) is 13.8 Å². The molecule has 0 N–H and O–H groups in total. The Kier molecular flexibility index (Phi) is 7.21. The van der Waals surface area contributed by atoms with Crippen molar-refractivity contribution in [1.29, 1.82) is 0 Å². The number of ether oxygens (including phenoxy) is 2. The zero-order valence-corrected chi connectivity index (χ0v) is 17.4. The first-order chi connectivity index (χ1) is 14.3. The first-order valence-corrected chi connectivity index (χ1v) is 10.6. The lowest BCUT2D eigenvalue weighted by molar-refractivity contribution is -0.138. The number of halogens is 3. The zero-order valence-electron chi connectivity index (χ0n) is 16.6. The Hall–Kier alpha value is -3.22. The van der Waals surface area contributed by atoms with Crippen molar-refractivity contribution in [3.8, 4) is 11.4 Å². The number of hydrogen-bond acceptors (Lipinski definition) is 8. The Morgan fingerprint density at radius 3 is 2.48 bits per heavy atom. The number of esters is 1. The van der Waals surface area contributed by atoms with Gasteiger partial charge in [0.1, 0.15) is 6.33 Å². The summed E-state index contributed by atoms with van der Waals surface area (Å²) in [7, 11) is -3.93. The van der Waals surface area contributed by atoms with E-state index >= 15 is 0 Å². The number of carbonyl (C=O) groups excluding carboxylic acids is 2. The number of rotatable bonds is 6. The quantitative estimate of drug-likeness (QED) is 0.366. The van der Waals surface area contributed by atoms with E-state index in [4.69, 9.17) is 0 Å². The summed E-state index contributed by atoms with van der Waals surface area (Å²) in [5.74, 6) is -1.24. The summed E-state index contributed by atoms with van der Waals surface area (Å²) >= 11 is 0. The maximum absolute atomic E-state index is 13.1. The van der Waals surface area contributed by atoms with Gasteiger partial charge < -0.3 is 9.47 Å².